The monoisotopic (exact) mass is 299 g/mol. The number of hydrogen-bond acceptors (Lipinski definition) is 5. The maximum absolute atomic E-state index is 11.1. The van der Waals surface area contributed by atoms with Gasteiger partial charge in [0.25, 0.3) is 0 Å². The second-order valence-electron chi connectivity index (χ2n) is 4.62. The molecule has 0 saturated heterocycles. The van der Waals surface area contributed by atoms with Crippen LogP contribution in [0.25, 0.3) is 10.6 Å². The second-order valence-corrected chi connectivity index (χ2v) is 8.17. The minimum Gasteiger partial charge on any atom is -0.340 e. The Hall–Kier alpha value is -1.18. The number of imidazole rings is 1. The number of aryl methyl sites for hydroxylation is 1. The summed E-state index contributed by atoms with van der Waals surface area (Å²) in [5.41, 5.74) is 6.86. The minimum atomic E-state index is -2.99. The molecule has 7 heteroatoms. The third-order valence-electron chi connectivity index (χ3n) is 2.75. The lowest BCUT2D eigenvalue weighted by Gasteiger charge is -2.07. The molecule has 0 fully saturated rings. The van der Waals surface area contributed by atoms with Crippen LogP contribution in [0, 0.1) is 6.92 Å². The largest absolute Gasteiger partial charge is 0.340 e. The number of nitrogens with zero attached hydrogens (tertiary/aromatic N) is 1. The molecule has 1 unspecified atom stereocenters. The number of aromatic amines is 1. The summed E-state index contributed by atoms with van der Waals surface area (Å²) in [4.78, 5) is 9.72. The Labute approximate surface area is 116 Å². The Morgan fingerprint density at radius 2 is 2.21 bits per heavy atom. The van der Waals surface area contributed by atoms with Crippen molar-refractivity contribution in [1.29, 1.82) is 0 Å². The standard InChI is InChI=1S/C12H17N3O2S2/c1-8-3-4-11(18-8)10-7-14-12(15-10)9(13)5-6-19(2,16)17/h3-4,7,9H,5-6,13H2,1-2H3,(H,14,15). The molecule has 19 heavy (non-hydrogen) atoms. The van der Waals surface area contributed by atoms with Gasteiger partial charge in [0.1, 0.15) is 15.7 Å². The summed E-state index contributed by atoms with van der Waals surface area (Å²) in [5, 5.41) is 0. The van der Waals surface area contributed by atoms with Crippen LogP contribution in [0.2, 0.25) is 0 Å². The number of sulfone groups is 1. The Morgan fingerprint density at radius 3 is 2.79 bits per heavy atom. The predicted octanol–water partition coefficient (Wildman–Crippen LogP) is 1.88. The second kappa shape index (κ2) is 5.44. The van der Waals surface area contributed by atoms with Crippen LogP contribution in [0.1, 0.15) is 23.2 Å². The van der Waals surface area contributed by atoms with E-state index in [1.165, 1.54) is 11.1 Å². The number of rotatable bonds is 5. The molecule has 0 spiro atoms. The lowest BCUT2D eigenvalue weighted by Crippen LogP contribution is -2.16. The quantitative estimate of drug-likeness (QED) is 0.882. The molecular formula is C12H17N3O2S2. The van der Waals surface area contributed by atoms with E-state index in [-0.39, 0.29) is 11.8 Å². The van der Waals surface area contributed by atoms with Gasteiger partial charge >= 0.3 is 0 Å². The van der Waals surface area contributed by atoms with Crippen LogP contribution in [0.5, 0.6) is 0 Å². The summed E-state index contributed by atoms with van der Waals surface area (Å²) in [7, 11) is -2.99. The third-order valence-corrected chi connectivity index (χ3v) is 4.76. The molecule has 2 aromatic rings. The molecule has 0 aliphatic rings. The zero-order valence-corrected chi connectivity index (χ0v) is 12.5. The lowest BCUT2D eigenvalue weighted by atomic mass is 10.2. The molecule has 5 nitrogen and oxygen atoms in total. The highest BCUT2D eigenvalue weighted by Crippen LogP contribution is 2.27. The highest BCUT2D eigenvalue weighted by atomic mass is 32.2. The molecular weight excluding hydrogens is 282 g/mol. The summed E-state index contributed by atoms with van der Waals surface area (Å²) >= 11 is 1.68. The van der Waals surface area contributed by atoms with Gasteiger partial charge in [-0.05, 0) is 25.5 Å². The Balaban J connectivity index is 2.08. The topological polar surface area (TPSA) is 88.8 Å². The summed E-state index contributed by atoms with van der Waals surface area (Å²) in [6.45, 7) is 2.04. The van der Waals surface area contributed by atoms with Gasteiger partial charge in [-0.2, -0.15) is 0 Å². The van der Waals surface area contributed by atoms with Crippen LogP contribution in [0.15, 0.2) is 18.3 Å². The highest BCUT2D eigenvalue weighted by molar-refractivity contribution is 7.90. The van der Waals surface area contributed by atoms with Gasteiger partial charge in [0, 0.05) is 11.1 Å². The summed E-state index contributed by atoms with van der Waals surface area (Å²) in [5.74, 6) is 0.701. The summed E-state index contributed by atoms with van der Waals surface area (Å²) < 4.78 is 22.2. The van der Waals surface area contributed by atoms with Crippen molar-refractivity contribution in [3.8, 4) is 10.6 Å². The highest BCUT2D eigenvalue weighted by Gasteiger charge is 2.14. The SMILES string of the molecule is Cc1ccc(-c2cnc(C(N)CCS(C)(=O)=O)[nH]2)s1. The third kappa shape index (κ3) is 3.89. The first kappa shape index (κ1) is 14.2. The predicted molar refractivity (Wildman–Crippen MR) is 77.9 cm³/mol. The van der Waals surface area contributed by atoms with E-state index < -0.39 is 9.84 Å². The first-order valence-electron chi connectivity index (χ1n) is 5.90. The van der Waals surface area contributed by atoms with Gasteiger partial charge in [-0.15, -0.1) is 11.3 Å². The van der Waals surface area contributed by atoms with Gasteiger partial charge in [0.2, 0.25) is 0 Å². The normalized spacial score (nSPS) is 13.6. The first-order chi connectivity index (χ1) is 8.85. The van der Waals surface area contributed by atoms with Crippen molar-refractivity contribution < 1.29 is 8.42 Å². The van der Waals surface area contributed by atoms with E-state index in [0.29, 0.717) is 12.2 Å². The number of aromatic nitrogens is 2. The molecule has 2 aromatic heterocycles. The summed E-state index contributed by atoms with van der Waals surface area (Å²) in [6.07, 6.45) is 3.32. The molecule has 0 aliphatic carbocycles. The Kier molecular flexibility index (Phi) is 4.07. The Bertz CT molecular complexity index is 658. The average molecular weight is 299 g/mol. The van der Waals surface area contributed by atoms with E-state index in [1.54, 1.807) is 17.5 Å². The fourth-order valence-electron chi connectivity index (χ4n) is 1.71. The minimum absolute atomic E-state index is 0.0717. The number of nitrogens with one attached hydrogen (secondary N) is 1. The van der Waals surface area contributed by atoms with E-state index in [1.807, 2.05) is 19.1 Å². The van der Waals surface area contributed by atoms with Crippen molar-refractivity contribution >= 4 is 21.2 Å². The van der Waals surface area contributed by atoms with E-state index >= 15 is 0 Å². The molecule has 0 saturated carbocycles. The van der Waals surface area contributed by atoms with Gasteiger partial charge < -0.3 is 10.7 Å². The number of H-pyrrole nitrogens is 1. The molecule has 0 amide bonds. The molecule has 2 heterocycles. The van der Waals surface area contributed by atoms with Gasteiger partial charge in [-0.3, -0.25) is 0 Å². The van der Waals surface area contributed by atoms with E-state index in [2.05, 4.69) is 9.97 Å². The van der Waals surface area contributed by atoms with Crippen molar-refractivity contribution in [1.82, 2.24) is 9.97 Å². The van der Waals surface area contributed by atoms with Gasteiger partial charge in [0.05, 0.1) is 28.6 Å². The van der Waals surface area contributed by atoms with Crippen molar-refractivity contribution in [3.63, 3.8) is 0 Å². The molecule has 1 atom stereocenters. The molecule has 3 N–H and O–H groups in total. The van der Waals surface area contributed by atoms with Crippen molar-refractivity contribution in [3.05, 3.63) is 29.0 Å². The lowest BCUT2D eigenvalue weighted by molar-refractivity contribution is 0.588. The fourth-order valence-corrected chi connectivity index (χ4v) is 3.22. The van der Waals surface area contributed by atoms with Crippen molar-refractivity contribution in [2.75, 3.05) is 12.0 Å². The smallest absolute Gasteiger partial charge is 0.147 e. The van der Waals surface area contributed by atoms with Crippen LogP contribution >= 0.6 is 11.3 Å². The van der Waals surface area contributed by atoms with E-state index in [4.69, 9.17) is 5.73 Å². The first-order valence-corrected chi connectivity index (χ1v) is 8.78. The molecule has 2 rings (SSSR count). The van der Waals surface area contributed by atoms with Crippen LogP contribution in [0.4, 0.5) is 0 Å². The van der Waals surface area contributed by atoms with Crippen LogP contribution in [0.3, 0.4) is 0 Å². The van der Waals surface area contributed by atoms with Crippen LogP contribution in [-0.2, 0) is 9.84 Å². The van der Waals surface area contributed by atoms with E-state index in [0.717, 1.165) is 10.6 Å². The average Bonchev–Trinajstić information content (AvgIpc) is 2.93. The number of nitrogens with two attached hydrogens (primary N) is 1. The molecule has 0 bridgehead atoms. The Morgan fingerprint density at radius 1 is 1.47 bits per heavy atom. The van der Waals surface area contributed by atoms with Gasteiger partial charge in [-0.1, -0.05) is 0 Å². The maximum atomic E-state index is 11.1. The van der Waals surface area contributed by atoms with Crippen molar-refractivity contribution in [2.45, 2.75) is 19.4 Å². The maximum Gasteiger partial charge on any atom is 0.147 e. The van der Waals surface area contributed by atoms with Crippen LogP contribution in [-0.4, -0.2) is 30.4 Å². The molecule has 0 radical (unpaired) electrons. The number of hydrogen-bond donors (Lipinski definition) is 2. The van der Waals surface area contributed by atoms with Crippen LogP contribution < -0.4 is 5.73 Å². The molecule has 0 aromatic carbocycles. The zero-order valence-electron chi connectivity index (χ0n) is 10.9. The molecule has 104 valence electrons. The zero-order chi connectivity index (χ0) is 14.0. The fraction of sp³-hybridized carbons (Fsp3) is 0.417. The van der Waals surface area contributed by atoms with Crippen molar-refractivity contribution in [2.24, 2.45) is 5.73 Å². The van der Waals surface area contributed by atoms with Gasteiger partial charge in [0.15, 0.2) is 0 Å². The summed E-state index contributed by atoms with van der Waals surface area (Å²) in [6, 6.07) is 3.69. The van der Waals surface area contributed by atoms with E-state index in [9.17, 15) is 8.42 Å². The molecule has 0 aliphatic heterocycles. The number of thiophene rings is 1. The van der Waals surface area contributed by atoms with Gasteiger partial charge in [-0.25, -0.2) is 13.4 Å².